The number of rotatable bonds is 9. The first-order valence-electron chi connectivity index (χ1n) is 7.78. The molecule has 1 saturated carbocycles. The van der Waals surface area contributed by atoms with Crippen LogP contribution in [0.4, 0.5) is 11.6 Å². The van der Waals surface area contributed by atoms with Crippen molar-refractivity contribution in [2.75, 3.05) is 30.5 Å². The van der Waals surface area contributed by atoms with Crippen molar-refractivity contribution in [1.82, 2.24) is 9.97 Å². The summed E-state index contributed by atoms with van der Waals surface area (Å²) in [6, 6.07) is 0. The molecule has 1 aromatic heterocycles. The number of nitrogens with zero attached hydrogens (tertiary/aromatic N) is 2. The van der Waals surface area contributed by atoms with E-state index in [-0.39, 0.29) is 0 Å². The fourth-order valence-corrected chi connectivity index (χ4v) is 2.07. The van der Waals surface area contributed by atoms with Crippen LogP contribution < -0.4 is 16.6 Å². The summed E-state index contributed by atoms with van der Waals surface area (Å²) in [5.74, 6) is 9.12. The van der Waals surface area contributed by atoms with E-state index in [1.165, 1.54) is 12.8 Å². The third-order valence-corrected chi connectivity index (χ3v) is 3.45. The van der Waals surface area contributed by atoms with Gasteiger partial charge in [0.25, 0.3) is 0 Å². The molecule has 0 aromatic carbocycles. The molecule has 0 amide bonds. The molecule has 0 atom stereocenters. The lowest BCUT2D eigenvalue weighted by atomic mass is 10.2. The summed E-state index contributed by atoms with van der Waals surface area (Å²) in [6.45, 7) is 8.71. The zero-order chi connectivity index (χ0) is 15.2. The Morgan fingerprint density at radius 3 is 2.62 bits per heavy atom. The number of nitrogens with one attached hydrogen (secondary N) is 2. The maximum Gasteiger partial charge on any atom is 0.148 e. The molecule has 1 aromatic rings. The van der Waals surface area contributed by atoms with E-state index >= 15 is 0 Å². The first-order valence-corrected chi connectivity index (χ1v) is 7.78. The van der Waals surface area contributed by atoms with Crippen molar-refractivity contribution < 1.29 is 4.74 Å². The van der Waals surface area contributed by atoms with Crippen LogP contribution in [0.25, 0.3) is 0 Å². The van der Waals surface area contributed by atoms with E-state index in [2.05, 4.69) is 34.6 Å². The van der Waals surface area contributed by atoms with Crippen molar-refractivity contribution in [1.29, 1.82) is 0 Å². The second-order valence-electron chi connectivity index (χ2n) is 6.07. The van der Waals surface area contributed by atoms with Crippen molar-refractivity contribution in [3.8, 4) is 0 Å². The summed E-state index contributed by atoms with van der Waals surface area (Å²) < 4.78 is 5.58. The molecule has 6 nitrogen and oxygen atoms in total. The Labute approximate surface area is 126 Å². The van der Waals surface area contributed by atoms with Gasteiger partial charge in [0.15, 0.2) is 0 Å². The van der Waals surface area contributed by atoms with Gasteiger partial charge in [-0.25, -0.2) is 15.8 Å². The Hall–Kier alpha value is -1.40. The Morgan fingerprint density at radius 1 is 1.29 bits per heavy atom. The van der Waals surface area contributed by atoms with Gasteiger partial charge in [0.2, 0.25) is 0 Å². The standard InChI is InChI=1S/C15H27N5O/c1-10(2)9-21-8-4-7-17-13-11(3)14(20-16)19-15(18-13)12-5-6-12/h10,12H,4-9,16H2,1-3H3,(H2,17,18,19,20). The van der Waals surface area contributed by atoms with E-state index < -0.39 is 0 Å². The Balaban J connectivity index is 1.85. The SMILES string of the molecule is Cc1c(NN)nc(C2CC2)nc1NCCCOCC(C)C. The minimum absolute atomic E-state index is 0.507. The predicted octanol–water partition coefficient (Wildman–Crippen LogP) is 2.42. The Kier molecular flexibility index (Phi) is 5.76. The highest BCUT2D eigenvalue weighted by Crippen LogP contribution is 2.39. The second kappa shape index (κ2) is 7.56. The quantitative estimate of drug-likeness (QED) is 0.368. The fraction of sp³-hybridized carbons (Fsp3) is 0.733. The molecule has 0 saturated heterocycles. The first-order chi connectivity index (χ1) is 10.1. The van der Waals surface area contributed by atoms with E-state index in [0.29, 0.717) is 17.7 Å². The maximum atomic E-state index is 5.58. The van der Waals surface area contributed by atoms with Crippen LogP contribution in [0.15, 0.2) is 0 Å². The third-order valence-electron chi connectivity index (χ3n) is 3.45. The van der Waals surface area contributed by atoms with Crippen molar-refractivity contribution in [3.05, 3.63) is 11.4 Å². The second-order valence-corrected chi connectivity index (χ2v) is 6.07. The number of hydrazine groups is 1. The van der Waals surface area contributed by atoms with Crippen molar-refractivity contribution in [2.24, 2.45) is 11.8 Å². The average molecular weight is 293 g/mol. The van der Waals surface area contributed by atoms with Gasteiger partial charge >= 0.3 is 0 Å². The summed E-state index contributed by atoms with van der Waals surface area (Å²) in [5.41, 5.74) is 3.63. The van der Waals surface area contributed by atoms with Gasteiger partial charge in [-0.05, 0) is 32.1 Å². The van der Waals surface area contributed by atoms with Gasteiger partial charge in [0, 0.05) is 31.2 Å². The van der Waals surface area contributed by atoms with Crippen LogP contribution in [0.2, 0.25) is 0 Å². The summed E-state index contributed by atoms with van der Waals surface area (Å²) >= 11 is 0. The molecule has 0 unspecified atom stereocenters. The lowest BCUT2D eigenvalue weighted by Gasteiger charge is -2.13. The van der Waals surface area contributed by atoms with Crippen molar-refractivity contribution in [3.63, 3.8) is 0 Å². The number of aromatic nitrogens is 2. The molecule has 1 aliphatic rings. The van der Waals surface area contributed by atoms with Crippen LogP contribution in [0.1, 0.15) is 50.4 Å². The highest BCUT2D eigenvalue weighted by molar-refractivity contribution is 5.57. The minimum Gasteiger partial charge on any atom is -0.381 e. The molecule has 1 fully saturated rings. The van der Waals surface area contributed by atoms with Gasteiger partial charge in [-0.3, -0.25) is 0 Å². The normalized spacial score (nSPS) is 14.5. The number of ether oxygens (including phenoxy) is 1. The largest absolute Gasteiger partial charge is 0.381 e. The van der Waals surface area contributed by atoms with Gasteiger partial charge in [-0.2, -0.15) is 0 Å². The fourth-order valence-electron chi connectivity index (χ4n) is 2.07. The summed E-state index contributed by atoms with van der Waals surface area (Å²) in [5, 5.41) is 3.37. The molecule has 21 heavy (non-hydrogen) atoms. The Morgan fingerprint density at radius 2 is 2.00 bits per heavy atom. The number of hydrogen-bond donors (Lipinski definition) is 3. The van der Waals surface area contributed by atoms with E-state index in [9.17, 15) is 0 Å². The molecule has 4 N–H and O–H groups in total. The molecule has 0 bridgehead atoms. The molecular formula is C15H27N5O. The predicted molar refractivity (Wildman–Crippen MR) is 85.3 cm³/mol. The zero-order valence-corrected chi connectivity index (χ0v) is 13.3. The average Bonchev–Trinajstić information content (AvgIpc) is 3.28. The molecule has 0 aliphatic heterocycles. The van der Waals surface area contributed by atoms with Crippen LogP contribution in [0, 0.1) is 12.8 Å². The number of anilines is 2. The lowest BCUT2D eigenvalue weighted by Crippen LogP contribution is -2.16. The monoisotopic (exact) mass is 293 g/mol. The van der Waals surface area contributed by atoms with E-state index in [1.54, 1.807) is 0 Å². The third kappa shape index (κ3) is 4.82. The zero-order valence-electron chi connectivity index (χ0n) is 13.3. The number of nitrogens with two attached hydrogens (primary N) is 1. The van der Waals surface area contributed by atoms with Crippen molar-refractivity contribution in [2.45, 2.75) is 46.0 Å². The molecule has 0 spiro atoms. The van der Waals surface area contributed by atoms with Crippen molar-refractivity contribution >= 4 is 11.6 Å². The summed E-state index contributed by atoms with van der Waals surface area (Å²) in [4.78, 5) is 9.11. The molecule has 1 heterocycles. The number of hydrogen-bond acceptors (Lipinski definition) is 6. The van der Waals surface area contributed by atoms with Crippen LogP contribution in [-0.4, -0.2) is 29.7 Å². The molecule has 6 heteroatoms. The lowest BCUT2D eigenvalue weighted by molar-refractivity contribution is 0.110. The van der Waals surface area contributed by atoms with Gasteiger partial charge in [-0.1, -0.05) is 13.8 Å². The summed E-state index contributed by atoms with van der Waals surface area (Å²) in [7, 11) is 0. The van der Waals surface area contributed by atoms with Gasteiger partial charge < -0.3 is 15.5 Å². The van der Waals surface area contributed by atoms with E-state index in [1.807, 2.05) is 6.92 Å². The first kappa shape index (κ1) is 16.0. The highest BCUT2D eigenvalue weighted by Gasteiger charge is 2.28. The van der Waals surface area contributed by atoms with Gasteiger partial charge in [0.1, 0.15) is 17.5 Å². The maximum absolute atomic E-state index is 5.58. The van der Waals surface area contributed by atoms with Crippen LogP contribution >= 0.6 is 0 Å². The minimum atomic E-state index is 0.507. The molecule has 0 radical (unpaired) electrons. The molecule has 1 aliphatic carbocycles. The Bertz CT molecular complexity index is 460. The van der Waals surface area contributed by atoms with E-state index in [0.717, 1.165) is 43.4 Å². The highest BCUT2D eigenvalue weighted by atomic mass is 16.5. The smallest absolute Gasteiger partial charge is 0.148 e. The number of nitrogen functional groups attached to an aromatic ring is 1. The van der Waals surface area contributed by atoms with Crippen LogP contribution in [0.5, 0.6) is 0 Å². The molecule has 118 valence electrons. The topological polar surface area (TPSA) is 85.1 Å². The van der Waals surface area contributed by atoms with Crippen LogP contribution in [-0.2, 0) is 4.74 Å². The van der Waals surface area contributed by atoms with E-state index in [4.69, 9.17) is 10.6 Å². The van der Waals surface area contributed by atoms with Gasteiger partial charge in [-0.15, -0.1) is 0 Å². The summed E-state index contributed by atoms with van der Waals surface area (Å²) in [6.07, 6.45) is 3.31. The van der Waals surface area contributed by atoms with Gasteiger partial charge in [0.05, 0.1) is 0 Å². The molecule has 2 rings (SSSR count). The molecular weight excluding hydrogens is 266 g/mol. The van der Waals surface area contributed by atoms with Crippen LogP contribution in [0.3, 0.4) is 0 Å².